The van der Waals surface area contributed by atoms with Crippen LogP contribution in [0.4, 0.5) is 5.95 Å². The van der Waals surface area contributed by atoms with E-state index in [1.807, 2.05) is 11.0 Å². The summed E-state index contributed by atoms with van der Waals surface area (Å²) in [5.74, 6) is 0.499. The number of hydrogen-bond donors (Lipinski definition) is 3. The van der Waals surface area contributed by atoms with Crippen molar-refractivity contribution < 1.29 is 9.59 Å². The minimum absolute atomic E-state index is 0.00100. The molecule has 1 aliphatic carbocycles. The molecule has 2 fully saturated rings. The molecule has 4 rings (SSSR count). The van der Waals surface area contributed by atoms with Gasteiger partial charge in [-0.15, -0.1) is 0 Å². The molecule has 0 spiro atoms. The second kappa shape index (κ2) is 9.37. The van der Waals surface area contributed by atoms with Gasteiger partial charge in [-0.2, -0.15) is 9.61 Å². The van der Waals surface area contributed by atoms with Crippen LogP contribution in [0.3, 0.4) is 0 Å². The van der Waals surface area contributed by atoms with E-state index in [1.165, 1.54) is 6.33 Å². The fraction of sp³-hybridized carbons (Fsp3) is 0.720. The summed E-state index contributed by atoms with van der Waals surface area (Å²) < 4.78 is 1.68. The van der Waals surface area contributed by atoms with E-state index < -0.39 is 6.04 Å². The Morgan fingerprint density at radius 2 is 1.83 bits per heavy atom. The number of likely N-dealkylation sites (tertiary alicyclic amines) is 1. The van der Waals surface area contributed by atoms with Crippen molar-refractivity contribution in [1.29, 1.82) is 0 Å². The highest BCUT2D eigenvalue weighted by atomic mass is 16.2. The van der Waals surface area contributed by atoms with Crippen LogP contribution in [0.5, 0.6) is 0 Å². The summed E-state index contributed by atoms with van der Waals surface area (Å²) in [5.41, 5.74) is 1.49. The van der Waals surface area contributed by atoms with E-state index in [0.717, 1.165) is 25.0 Å². The zero-order valence-electron chi connectivity index (χ0n) is 22.1. The number of nitrogens with one attached hydrogen (secondary N) is 3. The third kappa shape index (κ3) is 5.74. The maximum Gasteiger partial charge on any atom is 0.245 e. The first-order chi connectivity index (χ1) is 16.3. The normalized spacial score (nSPS) is 25.8. The third-order valence-electron chi connectivity index (χ3n) is 6.81. The quantitative estimate of drug-likeness (QED) is 0.596. The van der Waals surface area contributed by atoms with Crippen molar-refractivity contribution in [3.63, 3.8) is 0 Å². The summed E-state index contributed by atoms with van der Waals surface area (Å²) >= 11 is 0. The molecule has 0 bridgehead atoms. The molecule has 1 aliphatic heterocycles. The van der Waals surface area contributed by atoms with Gasteiger partial charge in [-0.25, -0.2) is 9.97 Å². The first kappa shape index (κ1) is 25.3. The molecule has 1 saturated carbocycles. The molecule has 0 aromatic carbocycles. The van der Waals surface area contributed by atoms with Gasteiger partial charge in [0.05, 0.1) is 17.8 Å². The van der Waals surface area contributed by atoms with Crippen molar-refractivity contribution in [2.45, 2.75) is 109 Å². The average Bonchev–Trinajstić information content (AvgIpc) is 3.32. The van der Waals surface area contributed by atoms with Gasteiger partial charge >= 0.3 is 0 Å². The number of carbonyl (C=O) groups excluding carboxylic acids is 2. The Balaban J connectivity index is 1.49. The van der Waals surface area contributed by atoms with E-state index in [4.69, 9.17) is 5.10 Å². The maximum atomic E-state index is 13.5. The highest BCUT2D eigenvalue weighted by Gasteiger charge is 2.42. The SMILES string of the molecule is CC(=O)N[C@@H]1C[C@H](NC(C)(C)C)CC[C@H]1N1CC[C@@H](Nc2ncnc3cc(C(C)(C)C)nn23)C1=O. The average molecular weight is 485 g/mol. The van der Waals surface area contributed by atoms with Gasteiger partial charge in [0.15, 0.2) is 5.65 Å². The van der Waals surface area contributed by atoms with Crippen molar-refractivity contribution in [2.75, 3.05) is 11.9 Å². The van der Waals surface area contributed by atoms with Crippen molar-refractivity contribution in [3.05, 3.63) is 18.1 Å². The van der Waals surface area contributed by atoms with E-state index in [1.54, 1.807) is 11.4 Å². The number of aromatic nitrogens is 4. The van der Waals surface area contributed by atoms with Crippen molar-refractivity contribution in [1.82, 2.24) is 35.1 Å². The van der Waals surface area contributed by atoms with Crippen LogP contribution in [-0.4, -0.2) is 72.5 Å². The summed E-state index contributed by atoms with van der Waals surface area (Å²) in [7, 11) is 0. The van der Waals surface area contributed by atoms with Crippen LogP contribution in [-0.2, 0) is 15.0 Å². The van der Waals surface area contributed by atoms with Gasteiger partial charge in [0, 0.05) is 36.5 Å². The Morgan fingerprint density at radius 3 is 2.49 bits per heavy atom. The fourth-order valence-electron chi connectivity index (χ4n) is 5.29. The van der Waals surface area contributed by atoms with Crippen LogP contribution in [0.25, 0.3) is 5.65 Å². The van der Waals surface area contributed by atoms with Crippen LogP contribution >= 0.6 is 0 Å². The second-order valence-electron chi connectivity index (χ2n) is 12.0. The molecule has 0 radical (unpaired) electrons. The molecule has 10 nitrogen and oxygen atoms in total. The number of fused-ring (bicyclic) bond motifs is 1. The highest BCUT2D eigenvalue weighted by Crippen LogP contribution is 2.30. The predicted octanol–water partition coefficient (Wildman–Crippen LogP) is 2.25. The maximum absolute atomic E-state index is 13.5. The lowest BCUT2D eigenvalue weighted by atomic mass is 9.84. The molecule has 35 heavy (non-hydrogen) atoms. The highest BCUT2D eigenvalue weighted by molar-refractivity contribution is 5.87. The molecule has 4 atom stereocenters. The molecule has 192 valence electrons. The third-order valence-corrected chi connectivity index (χ3v) is 6.81. The van der Waals surface area contributed by atoms with Gasteiger partial charge in [0.1, 0.15) is 12.4 Å². The Bertz CT molecular complexity index is 1080. The minimum atomic E-state index is -0.390. The van der Waals surface area contributed by atoms with E-state index in [-0.39, 0.29) is 34.9 Å². The summed E-state index contributed by atoms with van der Waals surface area (Å²) in [5, 5.41) is 14.8. The molecule has 3 heterocycles. The fourth-order valence-corrected chi connectivity index (χ4v) is 5.29. The number of carbonyl (C=O) groups is 2. The van der Waals surface area contributed by atoms with E-state index in [9.17, 15) is 9.59 Å². The monoisotopic (exact) mass is 484 g/mol. The van der Waals surface area contributed by atoms with Crippen LogP contribution < -0.4 is 16.0 Å². The lowest BCUT2D eigenvalue weighted by Gasteiger charge is -2.43. The first-order valence-corrected chi connectivity index (χ1v) is 12.6. The summed E-state index contributed by atoms with van der Waals surface area (Å²) in [6.45, 7) is 15.0. The molecular formula is C25H40N8O2. The number of nitrogens with zero attached hydrogens (tertiary/aromatic N) is 5. The Kier molecular flexibility index (Phi) is 6.78. The van der Waals surface area contributed by atoms with Crippen molar-refractivity contribution in [3.8, 4) is 0 Å². The standard InChI is InChI=1S/C25H40N8O2/c1-15(34)28-18-12-16(30-25(5,6)7)8-9-19(18)32-11-10-17(22(32)35)29-23-27-14-26-21-13-20(24(2,3)4)31-33(21)23/h13-14,16-19,30H,8-12H2,1-7H3,(H,28,34)(H,26,27,29)/t16-,17-,18-,19-/m1/s1. The van der Waals surface area contributed by atoms with Gasteiger partial charge in [-0.05, 0) is 46.5 Å². The van der Waals surface area contributed by atoms with Crippen LogP contribution in [0.15, 0.2) is 12.4 Å². The van der Waals surface area contributed by atoms with E-state index in [0.29, 0.717) is 30.6 Å². The molecule has 10 heteroatoms. The van der Waals surface area contributed by atoms with Crippen molar-refractivity contribution in [2.24, 2.45) is 0 Å². The molecule has 0 unspecified atom stereocenters. The smallest absolute Gasteiger partial charge is 0.245 e. The minimum Gasteiger partial charge on any atom is -0.351 e. The van der Waals surface area contributed by atoms with Crippen LogP contribution in [0.2, 0.25) is 0 Å². The number of hydrogen-bond acceptors (Lipinski definition) is 7. The van der Waals surface area contributed by atoms with Crippen molar-refractivity contribution >= 4 is 23.4 Å². The molecule has 2 amide bonds. The molecule has 1 saturated heterocycles. The molecule has 2 aromatic rings. The molecule has 3 N–H and O–H groups in total. The summed E-state index contributed by atoms with van der Waals surface area (Å²) in [4.78, 5) is 36.2. The van der Waals surface area contributed by atoms with Gasteiger partial charge in [-0.1, -0.05) is 20.8 Å². The second-order valence-corrected chi connectivity index (χ2v) is 12.0. The van der Waals surface area contributed by atoms with Gasteiger partial charge in [-0.3, -0.25) is 9.59 Å². The number of rotatable bonds is 5. The zero-order chi connectivity index (χ0) is 25.5. The Labute approximate surface area is 207 Å². The molecular weight excluding hydrogens is 444 g/mol. The number of amides is 2. The van der Waals surface area contributed by atoms with Crippen LogP contribution in [0.1, 0.15) is 79.8 Å². The van der Waals surface area contributed by atoms with E-state index >= 15 is 0 Å². The lowest BCUT2D eigenvalue weighted by molar-refractivity contribution is -0.132. The van der Waals surface area contributed by atoms with Crippen LogP contribution in [0, 0.1) is 0 Å². The topological polar surface area (TPSA) is 117 Å². The van der Waals surface area contributed by atoms with Gasteiger partial charge < -0.3 is 20.9 Å². The predicted molar refractivity (Wildman–Crippen MR) is 135 cm³/mol. The Hall–Kier alpha value is -2.75. The lowest BCUT2D eigenvalue weighted by Crippen LogP contribution is -2.59. The van der Waals surface area contributed by atoms with Gasteiger partial charge in [0.25, 0.3) is 0 Å². The Morgan fingerprint density at radius 1 is 1.09 bits per heavy atom. The number of anilines is 1. The zero-order valence-corrected chi connectivity index (χ0v) is 22.1. The van der Waals surface area contributed by atoms with E-state index in [2.05, 4.69) is 67.5 Å². The summed E-state index contributed by atoms with van der Waals surface area (Å²) in [6.07, 6.45) is 4.79. The largest absolute Gasteiger partial charge is 0.351 e. The van der Waals surface area contributed by atoms with Gasteiger partial charge in [0.2, 0.25) is 17.8 Å². The molecule has 2 aromatic heterocycles. The summed E-state index contributed by atoms with van der Waals surface area (Å²) in [6, 6.07) is 1.78. The first-order valence-electron chi connectivity index (χ1n) is 12.6. The molecule has 2 aliphatic rings.